The molecule has 1 unspecified atom stereocenters. The number of nitrogens with zero attached hydrogens (tertiary/aromatic N) is 1. The lowest BCUT2D eigenvalue weighted by atomic mass is 10.1. The fourth-order valence-corrected chi connectivity index (χ4v) is 2.50. The summed E-state index contributed by atoms with van der Waals surface area (Å²) in [4.78, 5) is 10.3. The van der Waals surface area contributed by atoms with Crippen LogP contribution in [0, 0.1) is 15.9 Å². The van der Waals surface area contributed by atoms with Gasteiger partial charge in [-0.1, -0.05) is 6.42 Å². The first kappa shape index (κ1) is 14.2. The highest BCUT2D eigenvalue weighted by atomic mass is 79.9. The monoisotopic (exact) mass is 331 g/mol. The first-order valence-electron chi connectivity index (χ1n) is 6.18. The Morgan fingerprint density at radius 3 is 2.95 bits per heavy atom. The normalized spacial score (nSPS) is 19.2. The Labute approximate surface area is 118 Å². The Morgan fingerprint density at radius 2 is 2.32 bits per heavy atom. The SMILES string of the molecule is O=[N+]([O-])c1cc(F)c(Br)cc1NCC1CCCCN1. The van der Waals surface area contributed by atoms with Crippen molar-refractivity contribution in [1.29, 1.82) is 0 Å². The lowest BCUT2D eigenvalue weighted by Crippen LogP contribution is -2.39. The topological polar surface area (TPSA) is 67.2 Å². The minimum absolute atomic E-state index is 0.220. The van der Waals surface area contributed by atoms with Crippen LogP contribution in [-0.4, -0.2) is 24.1 Å². The van der Waals surface area contributed by atoms with Gasteiger partial charge in [-0.3, -0.25) is 10.1 Å². The number of nitro groups is 1. The van der Waals surface area contributed by atoms with E-state index in [2.05, 4.69) is 26.6 Å². The predicted molar refractivity (Wildman–Crippen MR) is 74.9 cm³/mol. The summed E-state index contributed by atoms with van der Waals surface area (Å²) in [7, 11) is 0. The number of hydrogen-bond donors (Lipinski definition) is 2. The molecule has 1 saturated heterocycles. The molecule has 1 aliphatic heterocycles. The molecular weight excluding hydrogens is 317 g/mol. The molecule has 0 aromatic heterocycles. The lowest BCUT2D eigenvalue weighted by molar-refractivity contribution is -0.384. The van der Waals surface area contributed by atoms with E-state index in [0.717, 1.165) is 25.5 Å². The number of halogens is 2. The maximum Gasteiger partial charge on any atom is 0.295 e. The summed E-state index contributed by atoms with van der Waals surface area (Å²) in [6.07, 6.45) is 3.37. The Balaban J connectivity index is 2.09. The summed E-state index contributed by atoms with van der Waals surface area (Å²) < 4.78 is 13.5. The molecule has 2 N–H and O–H groups in total. The van der Waals surface area contributed by atoms with Gasteiger partial charge < -0.3 is 10.6 Å². The summed E-state index contributed by atoms with van der Waals surface area (Å²) in [5, 5.41) is 17.3. The second kappa shape index (κ2) is 6.29. The summed E-state index contributed by atoms with van der Waals surface area (Å²) >= 11 is 3.04. The van der Waals surface area contributed by atoms with Crippen LogP contribution in [0.1, 0.15) is 19.3 Å². The highest BCUT2D eigenvalue weighted by Gasteiger charge is 2.19. The van der Waals surface area contributed by atoms with Crippen molar-refractivity contribution in [3.05, 3.63) is 32.5 Å². The van der Waals surface area contributed by atoms with Gasteiger partial charge in [-0.15, -0.1) is 0 Å². The van der Waals surface area contributed by atoms with E-state index in [1.807, 2.05) is 0 Å². The first-order valence-corrected chi connectivity index (χ1v) is 6.98. The van der Waals surface area contributed by atoms with Crippen LogP contribution in [0.4, 0.5) is 15.8 Å². The van der Waals surface area contributed by atoms with Gasteiger partial charge in [-0.2, -0.15) is 0 Å². The fraction of sp³-hybridized carbons (Fsp3) is 0.500. The quantitative estimate of drug-likeness (QED) is 0.657. The van der Waals surface area contributed by atoms with Crippen molar-refractivity contribution in [3.8, 4) is 0 Å². The van der Waals surface area contributed by atoms with Crippen molar-refractivity contribution in [2.24, 2.45) is 0 Å². The average Bonchev–Trinajstić information content (AvgIpc) is 2.40. The predicted octanol–water partition coefficient (Wildman–Crippen LogP) is 3.05. The van der Waals surface area contributed by atoms with Crippen molar-refractivity contribution in [1.82, 2.24) is 5.32 Å². The molecule has 0 radical (unpaired) electrons. The molecule has 1 aromatic carbocycles. The number of hydrogen-bond acceptors (Lipinski definition) is 4. The van der Waals surface area contributed by atoms with E-state index in [0.29, 0.717) is 18.3 Å². The molecule has 1 aliphatic rings. The van der Waals surface area contributed by atoms with E-state index in [1.165, 1.54) is 12.5 Å². The Bertz CT molecular complexity index is 478. The van der Waals surface area contributed by atoms with Gasteiger partial charge in [-0.25, -0.2) is 4.39 Å². The third-order valence-corrected chi connectivity index (χ3v) is 3.79. The molecule has 1 atom stereocenters. The smallest absolute Gasteiger partial charge is 0.295 e. The van der Waals surface area contributed by atoms with E-state index < -0.39 is 10.7 Å². The van der Waals surface area contributed by atoms with Crippen molar-refractivity contribution in [2.75, 3.05) is 18.4 Å². The highest BCUT2D eigenvalue weighted by molar-refractivity contribution is 9.10. The maximum absolute atomic E-state index is 13.3. The van der Waals surface area contributed by atoms with E-state index in [9.17, 15) is 14.5 Å². The van der Waals surface area contributed by atoms with Gasteiger partial charge in [0.2, 0.25) is 0 Å². The number of anilines is 1. The summed E-state index contributed by atoms with van der Waals surface area (Å²) in [6, 6.07) is 2.65. The largest absolute Gasteiger partial charge is 0.378 e. The molecule has 104 valence electrons. The Hall–Kier alpha value is -1.21. The van der Waals surface area contributed by atoms with E-state index >= 15 is 0 Å². The molecular formula is C12H15BrFN3O2. The highest BCUT2D eigenvalue weighted by Crippen LogP contribution is 2.30. The number of benzene rings is 1. The molecule has 1 heterocycles. The molecule has 1 aromatic rings. The molecule has 2 rings (SSSR count). The molecule has 0 saturated carbocycles. The molecule has 0 aliphatic carbocycles. The zero-order chi connectivity index (χ0) is 13.8. The molecule has 1 fully saturated rings. The fourth-order valence-electron chi connectivity index (χ4n) is 2.16. The van der Waals surface area contributed by atoms with Crippen LogP contribution in [0.25, 0.3) is 0 Å². The minimum Gasteiger partial charge on any atom is -0.378 e. The summed E-state index contributed by atoms with van der Waals surface area (Å²) in [5.41, 5.74) is 0.0992. The zero-order valence-corrected chi connectivity index (χ0v) is 11.9. The maximum atomic E-state index is 13.3. The first-order chi connectivity index (χ1) is 9.08. The molecule has 0 bridgehead atoms. The van der Waals surface area contributed by atoms with Gasteiger partial charge in [0.25, 0.3) is 5.69 Å². The molecule has 7 heteroatoms. The van der Waals surface area contributed by atoms with Crippen LogP contribution in [0.15, 0.2) is 16.6 Å². The third kappa shape index (κ3) is 3.63. The molecule has 5 nitrogen and oxygen atoms in total. The second-order valence-electron chi connectivity index (χ2n) is 4.57. The van der Waals surface area contributed by atoms with E-state index in [1.54, 1.807) is 0 Å². The van der Waals surface area contributed by atoms with Crippen LogP contribution in [0.2, 0.25) is 0 Å². The molecule has 19 heavy (non-hydrogen) atoms. The summed E-state index contributed by atoms with van der Waals surface area (Å²) in [5.74, 6) is -0.631. The standard InChI is InChI=1S/C12H15BrFN3O2/c13-9-5-11(12(17(18)19)6-10(9)14)16-7-8-3-1-2-4-15-8/h5-6,8,15-16H,1-4,7H2. The van der Waals surface area contributed by atoms with E-state index in [-0.39, 0.29) is 10.2 Å². The lowest BCUT2D eigenvalue weighted by Gasteiger charge is -2.24. The van der Waals surface area contributed by atoms with Crippen LogP contribution in [0.3, 0.4) is 0 Å². The average molecular weight is 332 g/mol. The van der Waals surface area contributed by atoms with Gasteiger partial charge in [0.05, 0.1) is 15.5 Å². The van der Waals surface area contributed by atoms with Crippen LogP contribution in [0.5, 0.6) is 0 Å². The van der Waals surface area contributed by atoms with Gasteiger partial charge in [0, 0.05) is 12.6 Å². The Morgan fingerprint density at radius 1 is 1.53 bits per heavy atom. The number of nitro benzene ring substituents is 1. The number of nitrogens with one attached hydrogen (secondary N) is 2. The van der Waals surface area contributed by atoms with Crippen molar-refractivity contribution >= 4 is 27.3 Å². The van der Waals surface area contributed by atoms with Crippen molar-refractivity contribution in [3.63, 3.8) is 0 Å². The third-order valence-electron chi connectivity index (χ3n) is 3.19. The van der Waals surface area contributed by atoms with Gasteiger partial charge in [-0.05, 0) is 41.4 Å². The summed E-state index contributed by atoms with van der Waals surface area (Å²) in [6.45, 7) is 1.57. The van der Waals surface area contributed by atoms with Crippen molar-refractivity contribution < 1.29 is 9.31 Å². The number of piperidine rings is 1. The van der Waals surface area contributed by atoms with Crippen molar-refractivity contribution in [2.45, 2.75) is 25.3 Å². The molecule has 0 amide bonds. The van der Waals surface area contributed by atoms with Gasteiger partial charge in [0.1, 0.15) is 11.5 Å². The van der Waals surface area contributed by atoms with Crippen LogP contribution >= 0.6 is 15.9 Å². The Kier molecular flexibility index (Phi) is 4.71. The number of rotatable bonds is 4. The minimum atomic E-state index is -0.631. The van der Waals surface area contributed by atoms with Crippen LogP contribution in [-0.2, 0) is 0 Å². The van der Waals surface area contributed by atoms with E-state index in [4.69, 9.17) is 0 Å². The van der Waals surface area contributed by atoms with Gasteiger partial charge >= 0.3 is 0 Å². The zero-order valence-electron chi connectivity index (χ0n) is 10.3. The van der Waals surface area contributed by atoms with Crippen LogP contribution < -0.4 is 10.6 Å². The van der Waals surface area contributed by atoms with Gasteiger partial charge in [0.15, 0.2) is 0 Å². The second-order valence-corrected chi connectivity index (χ2v) is 5.42. The molecule has 0 spiro atoms.